The normalized spacial score (nSPS) is 20.9. The maximum atomic E-state index is 13.8. The van der Waals surface area contributed by atoms with Crippen molar-refractivity contribution in [3.8, 4) is 0 Å². The number of aromatic nitrogens is 2. The fourth-order valence-electron chi connectivity index (χ4n) is 2.98. The third-order valence-electron chi connectivity index (χ3n) is 4.07. The average molecular weight is 363 g/mol. The lowest BCUT2D eigenvalue weighted by Gasteiger charge is -2.05. The third-order valence-corrected chi connectivity index (χ3v) is 4.98. The zero-order valence-corrected chi connectivity index (χ0v) is 13.4. The number of imidazole rings is 1. The van der Waals surface area contributed by atoms with E-state index in [1.807, 2.05) is 6.07 Å². The molecule has 0 amide bonds. The smallest absolute Gasteiger partial charge is 0.178 e. The average Bonchev–Trinajstić information content (AvgIpc) is 3.19. The molecule has 1 N–H and O–H groups in total. The van der Waals surface area contributed by atoms with E-state index in [4.69, 9.17) is 12.2 Å². The van der Waals surface area contributed by atoms with Crippen LogP contribution in [0.15, 0.2) is 46.9 Å². The van der Waals surface area contributed by atoms with Gasteiger partial charge in [-0.25, -0.2) is 4.39 Å². The standard InChI is InChI=1S/C16H12BrFN2S/c17-11-7-13-15(8-12(11)18)20(16(21)19-13)14-6-10(14)9-4-2-1-3-5-9/h1-5,7-8,10,14H,6H2,(H,19,21). The zero-order chi connectivity index (χ0) is 14.6. The van der Waals surface area contributed by atoms with E-state index in [1.165, 1.54) is 5.56 Å². The molecule has 2 unspecified atom stereocenters. The van der Waals surface area contributed by atoms with E-state index >= 15 is 0 Å². The number of rotatable bonds is 2. The predicted molar refractivity (Wildman–Crippen MR) is 87.6 cm³/mol. The number of benzene rings is 2. The molecule has 0 radical (unpaired) electrons. The van der Waals surface area contributed by atoms with Gasteiger partial charge in [-0.05, 0) is 46.2 Å². The van der Waals surface area contributed by atoms with Crippen LogP contribution in [0.4, 0.5) is 4.39 Å². The molecule has 0 saturated heterocycles. The summed E-state index contributed by atoms with van der Waals surface area (Å²) in [5.41, 5.74) is 3.02. The maximum absolute atomic E-state index is 13.8. The number of aromatic amines is 1. The Labute approximate surface area is 134 Å². The highest BCUT2D eigenvalue weighted by atomic mass is 79.9. The van der Waals surface area contributed by atoms with Gasteiger partial charge in [-0.15, -0.1) is 0 Å². The van der Waals surface area contributed by atoms with Gasteiger partial charge in [-0.1, -0.05) is 30.3 Å². The maximum Gasteiger partial charge on any atom is 0.178 e. The highest BCUT2D eigenvalue weighted by Gasteiger charge is 2.41. The van der Waals surface area contributed by atoms with Crippen molar-refractivity contribution in [1.82, 2.24) is 9.55 Å². The van der Waals surface area contributed by atoms with Crippen LogP contribution in [-0.4, -0.2) is 9.55 Å². The van der Waals surface area contributed by atoms with Crippen LogP contribution in [0.2, 0.25) is 0 Å². The van der Waals surface area contributed by atoms with Crippen LogP contribution < -0.4 is 0 Å². The molecule has 0 bridgehead atoms. The highest BCUT2D eigenvalue weighted by Crippen LogP contribution is 2.52. The molecule has 1 aliphatic rings. The topological polar surface area (TPSA) is 20.7 Å². The van der Waals surface area contributed by atoms with Crippen LogP contribution in [0, 0.1) is 10.6 Å². The molecule has 0 spiro atoms. The van der Waals surface area contributed by atoms with Crippen LogP contribution in [-0.2, 0) is 0 Å². The van der Waals surface area contributed by atoms with Gasteiger partial charge in [-0.2, -0.15) is 0 Å². The Morgan fingerprint density at radius 3 is 2.76 bits per heavy atom. The second-order valence-electron chi connectivity index (χ2n) is 5.40. The number of hydrogen-bond donors (Lipinski definition) is 1. The van der Waals surface area contributed by atoms with E-state index < -0.39 is 0 Å². The Balaban J connectivity index is 1.80. The van der Waals surface area contributed by atoms with E-state index in [0.717, 1.165) is 17.5 Å². The molecule has 2 aromatic carbocycles. The Morgan fingerprint density at radius 1 is 1.24 bits per heavy atom. The van der Waals surface area contributed by atoms with Crippen LogP contribution in [0.5, 0.6) is 0 Å². The summed E-state index contributed by atoms with van der Waals surface area (Å²) in [7, 11) is 0. The quantitative estimate of drug-likeness (QED) is 0.611. The van der Waals surface area contributed by atoms with Crippen LogP contribution in [0.1, 0.15) is 23.9 Å². The Hall–Kier alpha value is -1.46. The van der Waals surface area contributed by atoms with Crippen molar-refractivity contribution < 1.29 is 4.39 Å². The van der Waals surface area contributed by atoms with Gasteiger partial charge in [0.2, 0.25) is 0 Å². The summed E-state index contributed by atoms with van der Waals surface area (Å²) >= 11 is 8.64. The molecule has 2 atom stereocenters. The SMILES string of the molecule is Fc1cc2c(cc1Br)[nH]c(=S)n2C1CC1c1ccccc1. The predicted octanol–water partition coefficient (Wildman–Crippen LogP) is 5.33. The molecule has 1 aliphatic carbocycles. The molecule has 106 valence electrons. The zero-order valence-electron chi connectivity index (χ0n) is 11.0. The minimum Gasteiger partial charge on any atom is -0.331 e. The van der Waals surface area contributed by atoms with Crippen molar-refractivity contribution in [3.05, 3.63) is 63.1 Å². The lowest BCUT2D eigenvalue weighted by Crippen LogP contribution is -1.96. The monoisotopic (exact) mass is 362 g/mol. The summed E-state index contributed by atoms with van der Waals surface area (Å²) in [6.45, 7) is 0. The Morgan fingerprint density at radius 2 is 2.00 bits per heavy atom. The number of halogens is 2. The van der Waals surface area contributed by atoms with Gasteiger partial charge < -0.3 is 9.55 Å². The van der Waals surface area contributed by atoms with E-state index in [9.17, 15) is 4.39 Å². The number of nitrogens with zero attached hydrogens (tertiary/aromatic N) is 1. The lowest BCUT2D eigenvalue weighted by atomic mass is 10.1. The minimum absolute atomic E-state index is 0.262. The molecule has 21 heavy (non-hydrogen) atoms. The fraction of sp³-hybridized carbons (Fsp3) is 0.188. The van der Waals surface area contributed by atoms with Crippen molar-refractivity contribution >= 4 is 39.2 Å². The minimum atomic E-state index is -0.262. The molecular weight excluding hydrogens is 351 g/mol. The summed E-state index contributed by atoms with van der Waals surface area (Å²) < 4.78 is 17.0. The summed E-state index contributed by atoms with van der Waals surface area (Å²) in [4.78, 5) is 3.17. The van der Waals surface area contributed by atoms with E-state index in [-0.39, 0.29) is 5.82 Å². The van der Waals surface area contributed by atoms with Crippen molar-refractivity contribution in [2.75, 3.05) is 0 Å². The Bertz CT molecular complexity index is 884. The molecule has 5 heteroatoms. The second-order valence-corrected chi connectivity index (χ2v) is 6.64. The first-order valence-corrected chi connectivity index (χ1v) is 7.99. The van der Waals surface area contributed by atoms with Crippen molar-refractivity contribution in [3.63, 3.8) is 0 Å². The molecule has 1 saturated carbocycles. The number of hydrogen-bond acceptors (Lipinski definition) is 1. The first-order chi connectivity index (χ1) is 10.1. The first kappa shape index (κ1) is 13.2. The van der Waals surface area contributed by atoms with Gasteiger partial charge >= 0.3 is 0 Å². The third kappa shape index (κ3) is 2.15. The highest BCUT2D eigenvalue weighted by molar-refractivity contribution is 9.10. The van der Waals surface area contributed by atoms with Crippen LogP contribution >= 0.6 is 28.1 Å². The molecule has 4 rings (SSSR count). The number of fused-ring (bicyclic) bond motifs is 1. The van der Waals surface area contributed by atoms with Crippen molar-refractivity contribution in [2.24, 2.45) is 0 Å². The van der Waals surface area contributed by atoms with Gasteiger partial charge in [0.25, 0.3) is 0 Å². The Kier molecular flexibility index (Phi) is 3.01. The molecule has 3 aromatic rings. The first-order valence-electron chi connectivity index (χ1n) is 6.79. The van der Waals surface area contributed by atoms with Crippen LogP contribution in [0.3, 0.4) is 0 Å². The molecule has 1 fully saturated rings. The summed E-state index contributed by atoms with van der Waals surface area (Å²) in [6.07, 6.45) is 1.04. The largest absolute Gasteiger partial charge is 0.331 e. The molecule has 0 aliphatic heterocycles. The molecule has 2 nitrogen and oxygen atoms in total. The summed E-state index contributed by atoms with van der Waals surface area (Å²) in [5.74, 6) is 0.200. The number of H-pyrrole nitrogens is 1. The second kappa shape index (κ2) is 4.78. The lowest BCUT2D eigenvalue weighted by molar-refractivity contribution is 0.621. The van der Waals surface area contributed by atoms with E-state index in [2.05, 4.69) is 49.7 Å². The van der Waals surface area contributed by atoms with Gasteiger partial charge in [-0.3, -0.25) is 0 Å². The van der Waals surface area contributed by atoms with Crippen molar-refractivity contribution in [2.45, 2.75) is 18.4 Å². The summed E-state index contributed by atoms with van der Waals surface area (Å²) in [5, 5.41) is 0. The molecular formula is C16H12BrFN2S. The fourth-order valence-corrected chi connectivity index (χ4v) is 3.66. The van der Waals surface area contributed by atoms with Gasteiger partial charge in [0.15, 0.2) is 4.77 Å². The summed E-state index contributed by atoms with van der Waals surface area (Å²) in [6, 6.07) is 14.0. The van der Waals surface area contributed by atoms with E-state index in [1.54, 1.807) is 12.1 Å². The van der Waals surface area contributed by atoms with Crippen molar-refractivity contribution in [1.29, 1.82) is 0 Å². The van der Waals surface area contributed by atoms with Gasteiger partial charge in [0, 0.05) is 18.0 Å². The van der Waals surface area contributed by atoms with Gasteiger partial charge in [0.05, 0.1) is 15.5 Å². The van der Waals surface area contributed by atoms with Gasteiger partial charge in [0.1, 0.15) is 5.82 Å². The number of nitrogens with one attached hydrogen (secondary N) is 1. The van der Waals surface area contributed by atoms with Crippen LogP contribution in [0.25, 0.3) is 11.0 Å². The van der Waals surface area contributed by atoms with E-state index in [0.29, 0.717) is 21.2 Å². The molecule has 1 heterocycles. The molecule has 1 aromatic heterocycles.